The maximum absolute atomic E-state index is 13.4. The van der Waals surface area contributed by atoms with E-state index < -0.39 is 0 Å². The molecule has 0 atom stereocenters. The van der Waals surface area contributed by atoms with Crippen molar-refractivity contribution in [1.82, 2.24) is 0 Å². The molecule has 0 amide bonds. The summed E-state index contributed by atoms with van der Waals surface area (Å²) >= 11 is 1.42. The number of fused-ring (bicyclic) bond motifs is 1. The van der Waals surface area contributed by atoms with Crippen molar-refractivity contribution in [3.05, 3.63) is 47.8 Å². The summed E-state index contributed by atoms with van der Waals surface area (Å²) in [6, 6.07) is 10.2. The predicted octanol–water partition coefficient (Wildman–Crippen LogP) is 3.24. The molecule has 1 aliphatic rings. The van der Waals surface area contributed by atoms with E-state index in [1.165, 1.54) is 23.9 Å². The first kappa shape index (κ1) is 13.3. The molecule has 1 aliphatic heterocycles. The Hall–Kier alpha value is -1.72. The normalized spacial score (nSPS) is 13.3. The van der Waals surface area contributed by atoms with Gasteiger partial charge in [0.2, 0.25) is 0 Å². The lowest BCUT2D eigenvalue weighted by atomic mass is 10.2. The number of halogens is 1. The summed E-state index contributed by atoms with van der Waals surface area (Å²) in [7, 11) is 0. The van der Waals surface area contributed by atoms with Crippen LogP contribution >= 0.6 is 11.8 Å². The molecule has 2 aromatic rings. The first-order valence-corrected chi connectivity index (χ1v) is 7.04. The Morgan fingerprint density at radius 3 is 2.60 bits per heavy atom. The molecule has 1 N–H and O–H groups in total. The lowest BCUT2D eigenvalue weighted by Crippen LogP contribution is -2.15. The largest absolute Gasteiger partial charge is 0.486 e. The molecule has 0 saturated heterocycles. The van der Waals surface area contributed by atoms with Crippen molar-refractivity contribution in [2.45, 2.75) is 16.4 Å². The van der Waals surface area contributed by atoms with Crippen molar-refractivity contribution in [1.29, 1.82) is 0 Å². The molecular weight excluding hydrogens is 279 g/mol. The van der Waals surface area contributed by atoms with Crippen LogP contribution in [0.25, 0.3) is 0 Å². The maximum Gasteiger partial charge on any atom is 0.162 e. The SMILES string of the molecule is OCc1cc(F)cc(Sc2ccc3c(c2)OCCO3)c1. The lowest BCUT2D eigenvalue weighted by Gasteiger charge is -2.18. The second kappa shape index (κ2) is 5.73. The van der Waals surface area contributed by atoms with Gasteiger partial charge in [0, 0.05) is 9.79 Å². The second-order valence-electron chi connectivity index (χ2n) is 4.36. The molecular formula is C15H13FO3S. The molecule has 0 bridgehead atoms. The number of ether oxygens (including phenoxy) is 2. The highest BCUT2D eigenvalue weighted by Gasteiger charge is 2.12. The minimum atomic E-state index is -0.350. The van der Waals surface area contributed by atoms with Gasteiger partial charge in [-0.3, -0.25) is 0 Å². The van der Waals surface area contributed by atoms with E-state index in [9.17, 15) is 4.39 Å². The molecule has 5 heteroatoms. The summed E-state index contributed by atoms with van der Waals surface area (Å²) in [4.78, 5) is 1.68. The number of hydrogen-bond acceptors (Lipinski definition) is 4. The summed E-state index contributed by atoms with van der Waals surface area (Å²) in [6.45, 7) is 0.922. The van der Waals surface area contributed by atoms with Gasteiger partial charge in [0.15, 0.2) is 11.5 Å². The molecule has 0 unspecified atom stereocenters. The standard InChI is InChI=1S/C15H13FO3S/c16-11-5-10(9-17)6-13(7-11)20-12-1-2-14-15(8-12)19-4-3-18-14/h1-2,5-8,17H,3-4,9H2. The monoisotopic (exact) mass is 292 g/mol. The molecule has 0 aromatic heterocycles. The van der Waals surface area contributed by atoms with E-state index in [0.29, 0.717) is 24.5 Å². The van der Waals surface area contributed by atoms with E-state index in [1.54, 1.807) is 6.07 Å². The van der Waals surface area contributed by atoms with Crippen LogP contribution in [0, 0.1) is 5.82 Å². The zero-order valence-corrected chi connectivity index (χ0v) is 11.5. The Labute approximate surface area is 120 Å². The van der Waals surface area contributed by atoms with Gasteiger partial charge in [-0.1, -0.05) is 11.8 Å². The number of hydrogen-bond donors (Lipinski definition) is 1. The minimum absolute atomic E-state index is 0.174. The van der Waals surface area contributed by atoms with Gasteiger partial charge in [-0.2, -0.15) is 0 Å². The van der Waals surface area contributed by atoms with E-state index in [0.717, 1.165) is 15.5 Å². The molecule has 20 heavy (non-hydrogen) atoms. The Balaban J connectivity index is 1.85. The van der Waals surface area contributed by atoms with Crippen LogP contribution in [0.2, 0.25) is 0 Å². The van der Waals surface area contributed by atoms with Crippen molar-refractivity contribution in [2.75, 3.05) is 13.2 Å². The van der Waals surface area contributed by atoms with Crippen LogP contribution in [0.1, 0.15) is 5.56 Å². The fourth-order valence-electron chi connectivity index (χ4n) is 1.99. The molecule has 0 aliphatic carbocycles. The minimum Gasteiger partial charge on any atom is -0.486 e. The number of rotatable bonds is 3. The highest BCUT2D eigenvalue weighted by atomic mass is 32.2. The van der Waals surface area contributed by atoms with Gasteiger partial charge in [0.1, 0.15) is 19.0 Å². The van der Waals surface area contributed by atoms with E-state index in [2.05, 4.69) is 0 Å². The van der Waals surface area contributed by atoms with Crippen LogP contribution in [0.4, 0.5) is 4.39 Å². The van der Waals surface area contributed by atoms with Crippen molar-refractivity contribution in [2.24, 2.45) is 0 Å². The summed E-state index contributed by atoms with van der Waals surface area (Å²) in [5, 5.41) is 9.10. The first-order chi connectivity index (χ1) is 9.74. The van der Waals surface area contributed by atoms with Gasteiger partial charge < -0.3 is 14.6 Å². The molecule has 3 nitrogen and oxygen atoms in total. The van der Waals surface area contributed by atoms with Crippen molar-refractivity contribution >= 4 is 11.8 Å². The Morgan fingerprint density at radius 2 is 1.80 bits per heavy atom. The van der Waals surface area contributed by atoms with Gasteiger partial charge in [0.05, 0.1) is 6.61 Å². The highest BCUT2D eigenvalue weighted by molar-refractivity contribution is 7.99. The summed E-state index contributed by atoms with van der Waals surface area (Å²) in [5.74, 6) is 1.09. The molecule has 0 radical (unpaired) electrons. The molecule has 2 aromatic carbocycles. The van der Waals surface area contributed by atoms with Crippen molar-refractivity contribution < 1.29 is 19.0 Å². The molecule has 3 rings (SSSR count). The van der Waals surface area contributed by atoms with Gasteiger partial charge in [-0.05, 0) is 42.0 Å². The maximum atomic E-state index is 13.4. The summed E-state index contributed by atoms with van der Waals surface area (Å²) in [6.07, 6.45) is 0. The number of aliphatic hydroxyl groups excluding tert-OH is 1. The fourth-order valence-corrected chi connectivity index (χ4v) is 2.95. The van der Waals surface area contributed by atoms with Crippen LogP contribution in [0.3, 0.4) is 0 Å². The third-order valence-electron chi connectivity index (χ3n) is 2.86. The third-order valence-corrected chi connectivity index (χ3v) is 3.82. The quantitative estimate of drug-likeness (QED) is 0.942. The number of aliphatic hydroxyl groups is 1. The molecule has 0 fully saturated rings. The average molecular weight is 292 g/mol. The lowest BCUT2D eigenvalue weighted by molar-refractivity contribution is 0.171. The van der Waals surface area contributed by atoms with Crippen molar-refractivity contribution in [3.63, 3.8) is 0 Å². The number of benzene rings is 2. The Kier molecular flexibility index (Phi) is 3.80. The van der Waals surface area contributed by atoms with Crippen LogP contribution in [-0.4, -0.2) is 18.3 Å². The van der Waals surface area contributed by atoms with E-state index in [4.69, 9.17) is 14.6 Å². The van der Waals surface area contributed by atoms with Gasteiger partial charge in [-0.15, -0.1) is 0 Å². The highest BCUT2D eigenvalue weighted by Crippen LogP contribution is 2.37. The van der Waals surface area contributed by atoms with E-state index in [-0.39, 0.29) is 12.4 Å². The Morgan fingerprint density at radius 1 is 1.00 bits per heavy atom. The molecule has 1 heterocycles. The van der Waals surface area contributed by atoms with E-state index >= 15 is 0 Å². The van der Waals surface area contributed by atoms with E-state index in [1.807, 2.05) is 18.2 Å². The van der Waals surface area contributed by atoms with Crippen LogP contribution in [0.15, 0.2) is 46.2 Å². The van der Waals surface area contributed by atoms with Gasteiger partial charge in [-0.25, -0.2) is 4.39 Å². The zero-order valence-electron chi connectivity index (χ0n) is 10.6. The molecule has 0 spiro atoms. The third kappa shape index (κ3) is 2.89. The fraction of sp³-hybridized carbons (Fsp3) is 0.200. The van der Waals surface area contributed by atoms with Gasteiger partial charge in [0.25, 0.3) is 0 Å². The second-order valence-corrected chi connectivity index (χ2v) is 5.51. The predicted molar refractivity (Wildman–Crippen MR) is 73.9 cm³/mol. The summed E-state index contributed by atoms with van der Waals surface area (Å²) < 4.78 is 24.4. The first-order valence-electron chi connectivity index (χ1n) is 6.22. The Bertz CT molecular complexity index is 631. The molecule has 104 valence electrons. The van der Waals surface area contributed by atoms with Crippen LogP contribution < -0.4 is 9.47 Å². The average Bonchev–Trinajstić information content (AvgIpc) is 2.46. The molecule has 0 saturated carbocycles. The van der Waals surface area contributed by atoms with Crippen LogP contribution in [0.5, 0.6) is 11.5 Å². The zero-order chi connectivity index (χ0) is 13.9. The van der Waals surface area contributed by atoms with Crippen molar-refractivity contribution in [3.8, 4) is 11.5 Å². The topological polar surface area (TPSA) is 38.7 Å². The summed E-state index contributed by atoms with van der Waals surface area (Å²) in [5.41, 5.74) is 0.560. The smallest absolute Gasteiger partial charge is 0.162 e. The van der Waals surface area contributed by atoms with Gasteiger partial charge >= 0.3 is 0 Å². The van der Waals surface area contributed by atoms with Crippen LogP contribution in [-0.2, 0) is 6.61 Å².